The second kappa shape index (κ2) is 5.41. The van der Waals surface area contributed by atoms with Crippen molar-refractivity contribution < 1.29 is 4.74 Å². The van der Waals surface area contributed by atoms with Crippen LogP contribution in [0.3, 0.4) is 0 Å². The number of rotatable bonds is 1. The summed E-state index contributed by atoms with van der Waals surface area (Å²) in [7, 11) is 0. The molecular formula is C18H21N5O. The molecule has 1 spiro atoms. The monoisotopic (exact) mass is 323 g/mol. The minimum absolute atomic E-state index is 0.0277. The molecule has 24 heavy (non-hydrogen) atoms. The number of aliphatic imine (C=N–C) groups is 1. The molecule has 3 saturated heterocycles. The lowest BCUT2D eigenvalue weighted by molar-refractivity contribution is 0.00807. The summed E-state index contributed by atoms with van der Waals surface area (Å²) in [5, 5.41) is 4.30. The zero-order chi connectivity index (χ0) is 16.0. The summed E-state index contributed by atoms with van der Waals surface area (Å²) >= 11 is 0. The lowest BCUT2D eigenvalue weighted by Gasteiger charge is -2.52. The highest BCUT2D eigenvalue weighted by Crippen LogP contribution is 2.42. The molecule has 0 amide bonds. The van der Waals surface area contributed by atoms with Gasteiger partial charge in [-0.05, 0) is 44.0 Å². The van der Waals surface area contributed by atoms with Gasteiger partial charge in [-0.2, -0.15) is 0 Å². The van der Waals surface area contributed by atoms with Crippen LogP contribution in [-0.4, -0.2) is 52.7 Å². The van der Waals surface area contributed by atoms with Crippen molar-refractivity contribution in [3.8, 4) is 0 Å². The average molecular weight is 323 g/mol. The number of piperidine rings is 3. The molecule has 1 N–H and O–H groups in total. The number of hydrogen-bond acceptors (Lipinski definition) is 6. The maximum absolute atomic E-state index is 5.83. The van der Waals surface area contributed by atoms with Crippen LogP contribution in [0.5, 0.6) is 0 Å². The Labute approximate surface area is 141 Å². The Morgan fingerprint density at radius 3 is 2.88 bits per heavy atom. The number of nitrogens with zero attached hydrogens (tertiary/aromatic N) is 4. The largest absolute Gasteiger partial charge is 0.465 e. The summed E-state index contributed by atoms with van der Waals surface area (Å²) in [4.78, 5) is 16.3. The molecule has 4 aliphatic rings. The minimum atomic E-state index is 0.0277. The van der Waals surface area contributed by atoms with Crippen LogP contribution in [0.4, 0.5) is 5.82 Å². The van der Waals surface area contributed by atoms with Gasteiger partial charge in [-0.1, -0.05) is 12.1 Å². The quantitative estimate of drug-likeness (QED) is 0.872. The molecule has 0 saturated carbocycles. The van der Waals surface area contributed by atoms with Crippen molar-refractivity contribution in [2.45, 2.75) is 24.8 Å². The highest BCUT2D eigenvalue weighted by Gasteiger charge is 2.48. The summed E-state index contributed by atoms with van der Waals surface area (Å²) in [6, 6.07) is 8.59. The minimum Gasteiger partial charge on any atom is -0.465 e. The van der Waals surface area contributed by atoms with Gasteiger partial charge < -0.3 is 9.64 Å². The van der Waals surface area contributed by atoms with Crippen molar-refractivity contribution >= 4 is 22.7 Å². The molecule has 1 aromatic heterocycles. The van der Waals surface area contributed by atoms with E-state index in [0.29, 0.717) is 11.9 Å². The maximum Gasteiger partial charge on any atom is 0.291 e. The molecule has 0 aliphatic carbocycles. The average Bonchev–Trinajstić information content (AvgIpc) is 2.63. The van der Waals surface area contributed by atoms with E-state index < -0.39 is 0 Å². The van der Waals surface area contributed by atoms with E-state index in [1.54, 1.807) is 6.33 Å². The van der Waals surface area contributed by atoms with Crippen LogP contribution in [0.2, 0.25) is 0 Å². The number of fused-ring (bicyclic) bond motifs is 3. The number of aromatic nitrogens is 2. The van der Waals surface area contributed by atoms with Crippen LogP contribution in [0.25, 0.3) is 10.9 Å². The molecule has 6 nitrogen and oxygen atoms in total. The molecule has 4 aliphatic heterocycles. The van der Waals surface area contributed by atoms with Gasteiger partial charge in [0, 0.05) is 18.4 Å². The number of anilines is 1. The third-order valence-electron chi connectivity index (χ3n) is 5.71. The first kappa shape index (κ1) is 14.2. The Hall–Kier alpha value is -2.21. The molecule has 1 atom stereocenters. The molecule has 1 aromatic carbocycles. The lowest BCUT2D eigenvalue weighted by atomic mass is 9.71. The number of hydrogen-bond donors (Lipinski definition) is 1. The van der Waals surface area contributed by atoms with E-state index in [9.17, 15) is 0 Å². The van der Waals surface area contributed by atoms with Gasteiger partial charge in [0.2, 0.25) is 0 Å². The van der Waals surface area contributed by atoms with Crippen molar-refractivity contribution in [2.75, 3.05) is 31.6 Å². The standard InChI is InChI=1S/C18H21N5O/c1-2-4-15-14(3-1)16(20-12-19-15)21-17-22-18(7-10-24-17)11-23-8-5-13(18)6-9-23/h1-4,12-13H,5-11H2,(H,19,20,21,22). The third kappa shape index (κ3) is 2.24. The fourth-order valence-corrected chi connectivity index (χ4v) is 4.44. The van der Waals surface area contributed by atoms with E-state index in [-0.39, 0.29) is 5.54 Å². The smallest absolute Gasteiger partial charge is 0.291 e. The first-order valence-corrected chi connectivity index (χ1v) is 8.74. The highest BCUT2D eigenvalue weighted by atomic mass is 16.5. The van der Waals surface area contributed by atoms with Gasteiger partial charge in [0.25, 0.3) is 6.02 Å². The van der Waals surface area contributed by atoms with Crippen LogP contribution in [0.15, 0.2) is 35.6 Å². The Morgan fingerprint density at radius 1 is 1.17 bits per heavy atom. The van der Waals surface area contributed by atoms with Crippen molar-refractivity contribution in [3.05, 3.63) is 30.6 Å². The molecule has 2 aromatic rings. The topological polar surface area (TPSA) is 62.6 Å². The molecule has 1 unspecified atom stereocenters. The second-order valence-corrected chi connectivity index (χ2v) is 7.03. The fourth-order valence-electron chi connectivity index (χ4n) is 4.44. The highest BCUT2D eigenvalue weighted by molar-refractivity contribution is 5.98. The fraction of sp³-hybridized carbons (Fsp3) is 0.500. The van der Waals surface area contributed by atoms with Crippen molar-refractivity contribution in [3.63, 3.8) is 0 Å². The summed E-state index contributed by atoms with van der Waals surface area (Å²) < 4.78 is 5.83. The van der Waals surface area contributed by atoms with Crippen LogP contribution in [-0.2, 0) is 4.74 Å². The molecule has 3 fully saturated rings. The summed E-state index contributed by atoms with van der Waals surface area (Å²) in [6.45, 7) is 4.24. The molecule has 5 heterocycles. The normalized spacial score (nSPS) is 31.8. The number of nitrogens with one attached hydrogen (secondary N) is 1. The van der Waals surface area contributed by atoms with Gasteiger partial charge in [-0.15, -0.1) is 0 Å². The van der Waals surface area contributed by atoms with Gasteiger partial charge in [-0.25, -0.2) is 15.0 Å². The van der Waals surface area contributed by atoms with E-state index in [2.05, 4.69) is 20.2 Å². The third-order valence-corrected chi connectivity index (χ3v) is 5.71. The lowest BCUT2D eigenvalue weighted by Crippen LogP contribution is -2.60. The first-order chi connectivity index (χ1) is 11.8. The second-order valence-electron chi connectivity index (χ2n) is 7.03. The van der Waals surface area contributed by atoms with E-state index in [4.69, 9.17) is 9.73 Å². The Bertz CT molecular complexity index is 794. The van der Waals surface area contributed by atoms with Gasteiger partial charge in [0.05, 0.1) is 17.7 Å². The van der Waals surface area contributed by atoms with Gasteiger partial charge in [0.15, 0.2) is 0 Å². The molecule has 0 radical (unpaired) electrons. The summed E-state index contributed by atoms with van der Waals surface area (Å²) in [5.74, 6) is 1.45. The predicted octanol–water partition coefficient (Wildman–Crippen LogP) is 2.28. The van der Waals surface area contributed by atoms with Crippen molar-refractivity contribution in [1.29, 1.82) is 0 Å². The summed E-state index contributed by atoms with van der Waals surface area (Å²) in [6.07, 6.45) is 5.11. The van der Waals surface area contributed by atoms with Gasteiger partial charge in [0.1, 0.15) is 12.1 Å². The SMILES string of the molecule is c1ccc2c(NC3=NC4(CCO3)CN3CCC4CC3)ncnc2c1. The van der Waals surface area contributed by atoms with E-state index in [1.165, 1.54) is 25.9 Å². The Balaban J connectivity index is 1.48. The zero-order valence-corrected chi connectivity index (χ0v) is 13.6. The number of ether oxygens (including phenoxy) is 1. The molecule has 124 valence electrons. The molecule has 2 bridgehead atoms. The van der Waals surface area contributed by atoms with Crippen molar-refractivity contribution in [2.24, 2.45) is 10.9 Å². The van der Waals surface area contributed by atoms with E-state index in [1.807, 2.05) is 24.3 Å². The van der Waals surface area contributed by atoms with E-state index >= 15 is 0 Å². The maximum atomic E-state index is 5.83. The number of amidine groups is 1. The molecule has 6 heteroatoms. The van der Waals surface area contributed by atoms with Crippen molar-refractivity contribution in [1.82, 2.24) is 14.9 Å². The Kier molecular flexibility index (Phi) is 3.19. The van der Waals surface area contributed by atoms with E-state index in [0.717, 1.165) is 36.3 Å². The zero-order valence-electron chi connectivity index (χ0n) is 13.6. The summed E-state index contributed by atoms with van der Waals surface area (Å²) in [5.41, 5.74) is 0.948. The van der Waals surface area contributed by atoms with Crippen LogP contribution in [0.1, 0.15) is 19.3 Å². The van der Waals surface area contributed by atoms with Crippen LogP contribution >= 0.6 is 0 Å². The van der Waals surface area contributed by atoms with Crippen LogP contribution < -0.4 is 5.32 Å². The molecule has 6 rings (SSSR count). The van der Waals surface area contributed by atoms with Gasteiger partial charge >= 0.3 is 0 Å². The first-order valence-electron chi connectivity index (χ1n) is 8.74. The van der Waals surface area contributed by atoms with Gasteiger partial charge in [-0.3, -0.25) is 5.32 Å². The number of benzene rings is 1. The Morgan fingerprint density at radius 2 is 2.04 bits per heavy atom. The predicted molar refractivity (Wildman–Crippen MR) is 93.1 cm³/mol. The number of para-hydroxylation sites is 1. The molecular weight excluding hydrogens is 302 g/mol. The van der Waals surface area contributed by atoms with Crippen LogP contribution in [0, 0.1) is 5.92 Å².